The normalized spacial score (nSPS) is 35.4. The molecule has 2 fully saturated rings. The van der Waals surface area contributed by atoms with E-state index in [2.05, 4.69) is 18.7 Å². The largest absolute Gasteiger partial charge is 0.381 e. The van der Waals surface area contributed by atoms with Gasteiger partial charge in [0.25, 0.3) is 0 Å². The number of nitrogens with zero attached hydrogens (tertiary/aromatic N) is 1. The zero-order valence-corrected chi connectivity index (χ0v) is 9.24. The summed E-state index contributed by atoms with van der Waals surface area (Å²) in [5.41, 5.74) is 0. The van der Waals surface area contributed by atoms with Crippen molar-refractivity contribution in [3.05, 3.63) is 0 Å². The molecular weight excluding hydrogens is 178 g/mol. The van der Waals surface area contributed by atoms with Gasteiger partial charge in [-0.15, -0.1) is 0 Å². The average Bonchev–Trinajstić information content (AvgIpc) is 2.71. The first-order valence-corrected chi connectivity index (χ1v) is 5.71. The third-order valence-corrected chi connectivity index (χ3v) is 3.35. The van der Waals surface area contributed by atoms with Crippen LogP contribution in [0.3, 0.4) is 0 Å². The molecule has 0 spiro atoms. The van der Waals surface area contributed by atoms with Gasteiger partial charge in [0, 0.05) is 31.7 Å². The molecule has 0 radical (unpaired) electrons. The van der Waals surface area contributed by atoms with Crippen molar-refractivity contribution in [2.75, 3.05) is 32.9 Å². The maximum atomic E-state index is 5.82. The van der Waals surface area contributed by atoms with E-state index in [4.69, 9.17) is 9.47 Å². The van der Waals surface area contributed by atoms with Crippen molar-refractivity contribution >= 4 is 0 Å². The molecule has 2 atom stereocenters. The molecule has 14 heavy (non-hydrogen) atoms. The number of rotatable bonds is 2. The molecule has 0 N–H and O–H groups in total. The molecular formula is C11H21NO2. The van der Waals surface area contributed by atoms with Gasteiger partial charge in [0.1, 0.15) is 0 Å². The highest BCUT2D eigenvalue weighted by molar-refractivity contribution is 4.81. The summed E-state index contributed by atoms with van der Waals surface area (Å²) in [5.74, 6) is 0.636. The molecule has 3 nitrogen and oxygen atoms in total. The summed E-state index contributed by atoms with van der Waals surface area (Å²) >= 11 is 0. The van der Waals surface area contributed by atoms with E-state index in [1.807, 2.05) is 0 Å². The lowest BCUT2D eigenvalue weighted by molar-refractivity contribution is -0.0665. The lowest BCUT2D eigenvalue weighted by Crippen LogP contribution is -2.48. The van der Waals surface area contributed by atoms with Crippen LogP contribution >= 0.6 is 0 Å². The molecule has 0 bridgehead atoms. The number of ether oxygens (including phenoxy) is 2. The van der Waals surface area contributed by atoms with Gasteiger partial charge in [-0.2, -0.15) is 0 Å². The first kappa shape index (κ1) is 10.4. The zero-order chi connectivity index (χ0) is 9.97. The Morgan fingerprint density at radius 1 is 1.29 bits per heavy atom. The Balaban J connectivity index is 1.86. The molecule has 82 valence electrons. The molecule has 0 saturated carbocycles. The van der Waals surface area contributed by atoms with Crippen LogP contribution in [0.5, 0.6) is 0 Å². The smallest absolute Gasteiger partial charge is 0.0753 e. The number of hydrogen-bond donors (Lipinski definition) is 0. The average molecular weight is 199 g/mol. The molecule has 2 saturated heterocycles. The van der Waals surface area contributed by atoms with E-state index >= 15 is 0 Å². The second kappa shape index (κ2) is 4.60. The fourth-order valence-electron chi connectivity index (χ4n) is 2.30. The molecule has 2 rings (SSSR count). The monoisotopic (exact) mass is 199 g/mol. The van der Waals surface area contributed by atoms with Gasteiger partial charge in [-0.05, 0) is 20.3 Å². The second-order valence-electron chi connectivity index (χ2n) is 4.62. The van der Waals surface area contributed by atoms with E-state index in [0.29, 0.717) is 18.1 Å². The van der Waals surface area contributed by atoms with E-state index in [1.165, 1.54) is 6.42 Å². The third-order valence-electron chi connectivity index (χ3n) is 3.35. The maximum absolute atomic E-state index is 5.82. The molecule has 0 aromatic rings. The van der Waals surface area contributed by atoms with Crippen molar-refractivity contribution in [3.63, 3.8) is 0 Å². The Hall–Kier alpha value is -0.120. The van der Waals surface area contributed by atoms with Gasteiger partial charge in [0.2, 0.25) is 0 Å². The van der Waals surface area contributed by atoms with Crippen molar-refractivity contribution in [1.29, 1.82) is 0 Å². The minimum Gasteiger partial charge on any atom is -0.381 e. The molecule has 2 heterocycles. The van der Waals surface area contributed by atoms with Crippen LogP contribution in [0.4, 0.5) is 0 Å². The Morgan fingerprint density at radius 2 is 2.14 bits per heavy atom. The summed E-state index contributed by atoms with van der Waals surface area (Å²) in [5, 5.41) is 0. The molecule has 3 heteroatoms. The van der Waals surface area contributed by atoms with Gasteiger partial charge in [-0.3, -0.25) is 4.90 Å². The highest BCUT2D eigenvalue weighted by Gasteiger charge is 2.31. The minimum atomic E-state index is 0.411. The predicted octanol–water partition coefficient (Wildman–Crippen LogP) is 1.13. The molecule has 2 aliphatic rings. The highest BCUT2D eigenvalue weighted by Crippen LogP contribution is 2.22. The van der Waals surface area contributed by atoms with Crippen molar-refractivity contribution < 1.29 is 9.47 Å². The summed E-state index contributed by atoms with van der Waals surface area (Å²) < 4.78 is 11.2. The first-order valence-electron chi connectivity index (χ1n) is 5.71. The molecule has 0 aliphatic carbocycles. The van der Waals surface area contributed by atoms with E-state index in [-0.39, 0.29) is 0 Å². The summed E-state index contributed by atoms with van der Waals surface area (Å²) in [6.07, 6.45) is 1.59. The molecule has 0 aromatic carbocycles. The number of morpholine rings is 1. The SMILES string of the molecule is CC(C)N1CCOC(C2CCOC2)C1. The summed E-state index contributed by atoms with van der Waals surface area (Å²) in [4.78, 5) is 2.51. The first-order chi connectivity index (χ1) is 6.77. The van der Waals surface area contributed by atoms with Crippen LogP contribution in [-0.2, 0) is 9.47 Å². The van der Waals surface area contributed by atoms with Gasteiger partial charge >= 0.3 is 0 Å². The fraction of sp³-hybridized carbons (Fsp3) is 1.00. The van der Waals surface area contributed by atoms with Crippen LogP contribution in [0.2, 0.25) is 0 Å². The fourth-order valence-corrected chi connectivity index (χ4v) is 2.30. The van der Waals surface area contributed by atoms with Gasteiger partial charge in [-0.1, -0.05) is 0 Å². The minimum absolute atomic E-state index is 0.411. The van der Waals surface area contributed by atoms with Crippen molar-refractivity contribution in [2.45, 2.75) is 32.4 Å². The maximum Gasteiger partial charge on any atom is 0.0753 e. The third kappa shape index (κ3) is 2.27. The Morgan fingerprint density at radius 3 is 2.79 bits per heavy atom. The topological polar surface area (TPSA) is 21.7 Å². The lowest BCUT2D eigenvalue weighted by Gasteiger charge is -2.37. The molecule has 2 aliphatic heterocycles. The van der Waals surface area contributed by atoms with Crippen LogP contribution in [0, 0.1) is 5.92 Å². The predicted molar refractivity (Wildman–Crippen MR) is 55.4 cm³/mol. The van der Waals surface area contributed by atoms with Gasteiger partial charge in [-0.25, -0.2) is 0 Å². The van der Waals surface area contributed by atoms with Crippen molar-refractivity contribution in [1.82, 2.24) is 4.90 Å². The van der Waals surface area contributed by atoms with Crippen molar-refractivity contribution in [3.8, 4) is 0 Å². The second-order valence-corrected chi connectivity index (χ2v) is 4.62. The Kier molecular flexibility index (Phi) is 3.42. The van der Waals surface area contributed by atoms with Crippen molar-refractivity contribution in [2.24, 2.45) is 5.92 Å². The van der Waals surface area contributed by atoms with Gasteiger partial charge < -0.3 is 9.47 Å². The molecule has 0 aromatic heterocycles. The van der Waals surface area contributed by atoms with Gasteiger partial charge in [0.05, 0.1) is 19.3 Å². The Labute approximate surface area is 86.4 Å². The standard InChI is InChI=1S/C11H21NO2/c1-9(2)12-4-6-14-11(7-12)10-3-5-13-8-10/h9-11H,3-8H2,1-2H3. The van der Waals surface area contributed by atoms with Crippen LogP contribution in [-0.4, -0.2) is 50.0 Å². The Bertz CT molecular complexity index is 178. The van der Waals surface area contributed by atoms with Crippen LogP contribution < -0.4 is 0 Å². The van der Waals surface area contributed by atoms with E-state index in [0.717, 1.165) is 32.9 Å². The van der Waals surface area contributed by atoms with E-state index in [9.17, 15) is 0 Å². The van der Waals surface area contributed by atoms with Crippen LogP contribution in [0.15, 0.2) is 0 Å². The summed E-state index contributed by atoms with van der Waals surface area (Å²) in [6, 6.07) is 0.642. The molecule has 2 unspecified atom stereocenters. The molecule has 0 amide bonds. The zero-order valence-electron chi connectivity index (χ0n) is 9.24. The van der Waals surface area contributed by atoms with Crippen LogP contribution in [0.1, 0.15) is 20.3 Å². The highest BCUT2D eigenvalue weighted by atomic mass is 16.5. The quantitative estimate of drug-likeness (QED) is 0.665. The van der Waals surface area contributed by atoms with E-state index < -0.39 is 0 Å². The van der Waals surface area contributed by atoms with Crippen LogP contribution in [0.25, 0.3) is 0 Å². The van der Waals surface area contributed by atoms with Gasteiger partial charge in [0.15, 0.2) is 0 Å². The lowest BCUT2D eigenvalue weighted by atomic mass is 10.00. The summed E-state index contributed by atoms with van der Waals surface area (Å²) in [7, 11) is 0. The van der Waals surface area contributed by atoms with E-state index in [1.54, 1.807) is 0 Å². The summed E-state index contributed by atoms with van der Waals surface area (Å²) in [6.45, 7) is 9.40. The number of hydrogen-bond acceptors (Lipinski definition) is 3.